The van der Waals surface area contributed by atoms with Crippen molar-refractivity contribution < 1.29 is 4.42 Å². The summed E-state index contributed by atoms with van der Waals surface area (Å²) in [6.45, 7) is 12.1. The summed E-state index contributed by atoms with van der Waals surface area (Å²) in [6, 6.07) is 7.98. The zero-order valence-corrected chi connectivity index (χ0v) is 11.1. The second-order valence-corrected chi connectivity index (χ2v) is 3.59. The van der Waals surface area contributed by atoms with Crippen molar-refractivity contribution >= 4 is 23.1 Å². The normalized spacial score (nSPS) is 12.5. The fraction of sp³-hybridized carbons (Fsp3) is 0.250. The Morgan fingerprint density at radius 1 is 1.24 bits per heavy atom. The molecule has 1 aromatic heterocycles. The Labute approximate surface area is 103 Å². The number of para-hydroxylation sites is 1. The third kappa shape index (κ3) is 2.68. The van der Waals surface area contributed by atoms with Crippen LogP contribution >= 0.6 is 0 Å². The number of hydrogen-bond acceptors (Lipinski definition) is 1. The summed E-state index contributed by atoms with van der Waals surface area (Å²) in [6.07, 6.45) is 4.04. The maximum absolute atomic E-state index is 5.76. The van der Waals surface area contributed by atoms with Crippen LogP contribution in [0, 0.1) is 0 Å². The summed E-state index contributed by atoms with van der Waals surface area (Å²) < 4.78 is 5.76. The van der Waals surface area contributed by atoms with Gasteiger partial charge in [-0.25, -0.2) is 0 Å². The first-order valence-corrected chi connectivity index (χ1v) is 6.04. The molecule has 0 N–H and O–H groups in total. The molecule has 2 aromatic rings. The molecule has 0 bridgehead atoms. The van der Waals surface area contributed by atoms with Crippen molar-refractivity contribution in [2.24, 2.45) is 0 Å². The lowest BCUT2D eigenvalue weighted by Crippen LogP contribution is -2.19. The summed E-state index contributed by atoms with van der Waals surface area (Å²) >= 11 is 0. The minimum atomic E-state index is 0.884. The van der Waals surface area contributed by atoms with Crippen molar-refractivity contribution in [3.05, 3.63) is 47.1 Å². The minimum absolute atomic E-state index is 0.884. The Balaban J connectivity index is 0.000000686. The Hall–Kier alpha value is -1.76. The van der Waals surface area contributed by atoms with Crippen molar-refractivity contribution in [2.45, 2.75) is 27.7 Å². The smallest absolute Gasteiger partial charge is 0.137 e. The van der Waals surface area contributed by atoms with E-state index < -0.39 is 0 Å². The molecule has 0 saturated carbocycles. The quantitative estimate of drug-likeness (QED) is 0.726. The highest BCUT2D eigenvalue weighted by atomic mass is 16.3. The van der Waals surface area contributed by atoms with Crippen LogP contribution in [0.4, 0.5) is 0 Å². The molecule has 1 nitrogen and oxygen atoms in total. The molecule has 1 heterocycles. The Morgan fingerprint density at radius 2 is 1.88 bits per heavy atom. The molecule has 90 valence electrons. The van der Waals surface area contributed by atoms with Gasteiger partial charge in [0.2, 0.25) is 0 Å². The largest absolute Gasteiger partial charge is 0.456 e. The molecule has 0 aliphatic heterocycles. The molecule has 0 aliphatic rings. The average Bonchev–Trinajstić information content (AvgIpc) is 2.70. The first-order valence-electron chi connectivity index (χ1n) is 6.04. The molecule has 0 aliphatic carbocycles. The van der Waals surface area contributed by atoms with E-state index in [1.165, 1.54) is 0 Å². The number of rotatable bonds is 1. The highest BCUT2D eigenvalue weighted by molar-refractivity contribution is 5.78. The topological polar surface area (TPSA) is 13.1 Å². The highest BCUT2D eigenvalue weighted by Gasteiger charge is 2.00. The zero-order valence-electron chi connectivity index (χ0n) is 11.1. The van der Waals surface area contributed by atoms with E-state index in [0.717, 1.165) is 27.2 Å². The van der Waals surface area contributed by atoms with Crippen LogP contribution in [-0.2, 0) is 0 Å². The van der Waals surface area contributed by atoms with Gasteiger partial charge in [0.1, 0.15) is 11.0 Å². The van der Waals surface area contributed by atoms with E-state index in [1.54, 1.807) is 0 Å². The first kappa shape index (κ1) is 13.3. The SMILES string of the molecule is C=c1/c(=C(C)\C=C/C)oc2ccccc12.CC. The molecule has 0 radical (unpaired) electrons. The van der Waals surface area contributed by atoms with Gasteiger partial charge in [0.05, 0.1) is 0 Å². The highest BCUT2D eigenvalue weighted by Crippen LogP contribution is 2.07. The van der Waals surface area contributed by atoms with Crippen molar-refractivity contribution in [2.75, 3.05) is 0 Å². The van der Waals surface area contributed by atoms with Gasteiger partial charge in [0.25, 0.3) is 0 Å². The fourth-order valence-corrected chi connectivity index (χ4v) is 1.74. The molecule has 0 amide bonds. The van der Waals surface area contributed by atoms with Gasteiger partial charge in [-0.05, 0) is 25.5 Å². The van der Waals surface area contributed by atoms with Crippen LogP contribution in [0.1, 0.15) is 27.7 Å². The van der Waals surface area contributed by atoms with Crippen molar-refractivity contribution in [1.29, 1.82) is 0 Å². The van der Waals surface area contributed by atoms with Crippen LogP contribution in [0.3, 0.4) is 0 Å². The molecule has 0 spiro atoms. The number of fused-ring (bicyclic) bond motifs is 1. The van der Waals surface area contributed by atoms with Crippen molar-refractivity contribution in [3.63, 3.8) is 0 Å². The summed E-state index contributed by atoms with van der Waals surface area (Å²) in [4.78, 5) is 0. The van der Waals surface area contributed by atoms with Crippen LogP contribution in [0.25, 0.3) is 23.1 Å². The van der Waals surface area contributed by atoms with Crippen LogP contribution in [-0.4, -0.2) is 0 Å². The molecule has 0 unspecified atom stereocenters. The molecule has 1 aromatic carbocycles. The van der Waals surface area contributed by atoms with Crippen molar-refractivity contribution in [1.82, 2.24) is 0 Å². The summed E-state index contributed by atoms with van der Waals surface area (Å²) in [7, 11) is 0. The van der Waals surface area contributed by atoms with Crippen LogP contribution < -0.4 is 10.6 Å². The van der Waals surface area contributed by atoms with Gasteiger partial charge in [-0.2, -0.15) is 0 Å². The van der Waals surface area contributed by atoms with Crippen LogP contribution in [0.5, 0.6) is 0 Å². The summed E-state index contributed by atoms with van der Waals surface area (Å²) in [5.74, 6) is 0. The van der Waals surface area contributed by atoms with Gasteiger partial charge < -0.3 is 4.42 Å². The lowest BCUT2D eigenvalue weighted by Gasteiger charge is -1.85. The Morgan fingerprint density at radius 3 is 2.47 bits per heavy atom. The summed E-state index contributed by atoms with van der Waals surface area (Å²) in [5, 5.41) is 2.07. The summed E-state index contributed by atoms with van der Waals surface area (Å²) in [5.41, 5.74) is 2.90. The third-order valence-electron chi connectivity index (χ3n) is 2.47. The lowest BCUT2D eigenvalue weighted by molar-refractivity contribution is 0.572. The molecule has 2 rings (SSSR count). The lowest BCUT2D eigenvalue weighted by atomic mass is 10.2. The monoisotopic (exact) mass is 228 g/mol. The Bertz CT molecular complexity index is 615. The van der Waals surface area contributed by atoms with Gasteiger partial charge in [0, 0.05) is 10.6 Å². The number of allylic oxidation sites excluding steroid dienone is 2. The minimum Gasteiger partial charge on any atom is -0.456 e. The van der Waals surface area contributed by atoms with E-state index in [2.05, 4.69) is 6.58 Å². The molecule has 0 saturated heterocycles. The van der Waals surface area contributed by atoms with Gasteiger partial charge in [-0.3, -0.25) is 0 Å². The van der Waals surface area contributed by atoms with Gasteiger partial charge >= 0.3 is 0 Å². The van der Waals surface area contributed by atoms with E-state index in [-0.39, 0.29) is 0 Å². The number of hydrogen-bond donors (Lipinski definition) is 0. The first-order chi connectivity index (χ1) is 8.24. The third-order valence-corrected chi connectivity index (χ3v) is 2.47. The standard InChI is InChI=1S/C14H14O.C2H6/c1-4-7-10(2)14-11(3)12-8-5-6-9-13(12)15-14;1-2/h4-9H,3H2,1-2H3;1-2H3/b7-4-,14-10+;. The number of furan rings is 1. The van der Waals surface area contributed by atoms with Gasteiger partial charge in [0.15, 0.2) is 0 Å². The van der Waals surface area contributed by atoms with E-state index in [4.69, 9.17) is 4.42 Å². The van der Waals surface area contributed by atoms with E-state index in [1.807, 2.05) is 64.1 Å². The second-order valence-electron chi connectivity index (χ2n) is 3.59. The van der Waals surface area contributed by atoms with Crippen molar-refractivity contribution in [3.8, 4) is 0 Å². The average molecular weight is 228 g/mol. The maximum Gasteiger partial charge on any atom is 0.137 e. The van der Waals surface area contributed by atoms with Gasteiger partial charge in [-0.1, -0.05) is 50.8 Å². The predicted molar refractivity (Wildman–Crippen MR) is 76.2 cm³/mol. The van der Waals surface area contributed by atoms with Crippen LogP contribution in [0.15, 0.2) is 40.8 Å². The second kappa shape index (κ2) is 6.09. The Kier molecular flexibility index (Phi) is 4.77. The molecular formula is C16H20O. The van der Waals surface area contributed by atoms with E-state index in [9.17, 15) is 0 Å². The van der Waals surface area contributed by atoms with E-state index in [0.29, 0.717) is 0 Å². The van der Waals surface area contributed by atoms with Gasteiger partial charge in [-0.15, -0.1) is 0 Å². The van der Waals surface area contributed by atoms with Crippen LogP contribution in [0.2, 0.25) is 0 Å². The molecule has 0 atom stereocenters. The maximum atomic E-state index is 5.76. The molecule has 17 heavy (non-hydrogen) atoms. The molecular weight excluding hydrogens is 208 g/mol. The molecule has 1 heteroatoms. The number of benzene rings is 1. The zero-order chi connectivity index (χ0) is 12.8. The van der Waals surface area contributed by atoms with E-state index >= 15 is 0 Å². The fourth-order valence-electron chi connectivity index (χ4n) is 1.74. The molecule has 0 fully saturated rings. The predicted octanol–water partition coefficient (Wildman–Crippen LogP) is 3.62.